The fourth-order valence-electron chi connectivity index (χ4n) is 2.84. The van der Waals surface area contributed by atoms with E-state index in [9.17, 15) is 9.18 Å². The zero-order valence-corrected chi connectivity index (χ0v) is 14.8. The minimum absolute atomic E-state index is 0.0615. The lowest BCUT2D eigenvalue weighted by atomic mass is 10.1. The van der Waals surface area contributed by atoms with Crippen molar-refractivity contribution >= 4 is 16.9 Å². The summed E-state index contributed by atoms with van der Waals surface area (Å²) in [6, 6.07) is 15.2. The van der Waals surface area contributed by atoms with Gasteiger partial charge in [0.2, 0.25) is 0 Å². The minimum Gasteiger partial charge on any atom is -0.282 e. The van der Waals surface area contributed by atoms with Crippen LogP contribution in [-0.2, 0) is 13.0 Å². The van der Waals surface area contributed by atoms with E-state index in [1.165, 1.54) is 40.8 Å². The molecular weight excluding hydrogens is 359 g/mol. The molecule has 2 heterocycles. The van der Waals surface area contributed by atoms with Gasteiger partial charge in [0.25, 0.3) is 5.91 Å². The van der Waals surface area contributed by atoms with Crippen molar-refractivity contribution in [1.82, 2.24) is 19.4 Å². The minimum atomic E-state index is -0.462. The van der Waals surface area contributed by atoms with Gasteiger partial charge in [-0.05, 0) is 36.2 Å². The van der Waals surface area contributed by atoms with Crippen LogP contribution in [0.3, 0.4) is 0 Å². The first-order chi connectivity index (χ1) is 13.6. The molecule has 4 aromatic rings. The van der Waals surface area contributed by atoms with E-state index in [4.69, 9.17) is 5.41 Å². The van der Waals surface area contributed by atoms with Crippen LogP contribution in [0.15, 0.2) is 67.1 Å². The number of carbonyl (C=O) groups is 1. The number of hydrogen-bond acceptors (Lipinski definition) is 4. The number of nitrogens with one attached hydrogen (secondary N) is 2. The number of benzene rings is 2. The molecule has 0 aliphatic heterocycles. The summed E-state index contributed by atoms with van der Waals surface area (Å²) >= 11 is 0. The maximum Gasteiger partial charge on any atom is 0.270 e. The molecule has 8 heteroatoms. The number of fused-ring (bicyclic) bond motifs is 1. The van der Waals surface area contributed by atoms with Crippen LogP contribution in [0.2, 0.25) is 0 Å². The summed E-state index contributed by atoms with van der Waals surface area (Å²) < 4.78 is 16.0. The smallest absolute Gasteiger partial charge is 0.270 e. The number of aromatic nitrogens is 4. The van der Waals surface area contributed by atoms with Crippen molar-refractivity contribution in [2.24, 2.45) is 0 Å². The van der Waals surface area contributed by atoms with Gasteiger partial charge in [-0.25, -0.2) is 14.1 Å². The lowest BCUT2D eigenvalue weighted by Gasteiger charge is -2.08. The Hall–Kier alpha value is -3.81. The first kappa shape index (κ1) is 17.6. The predicted molar refractivity (Wildman–Crippen MR) is 102 cm³/mol. The summed E-state index contributed by atoms with van der Waals surface area (Å²) in [6.07, 6.45) is 3.89. The number of carbonyl (C=O) groups excluding carboxylic acids is 1. The third-order valence-corrected chi connectivity index (χ3v) is 4.33. The monoisotopic (exact) mass is 376 g/mol. The molecule has 2 N–H and O–H groups in total. The van der Waals surface area contributed by atoms with Gasteiger partial charge in [0.15, 0.2) is 11.1 Å². The maximum atomic E-state index is 13.0. The Morgan fingerprint density at radius 3 is 2.61 bits per heavy atom. The molecule has 0 bridgehead atoms. The van der Waals surface area contributed by atoms with E-state index < -0.39 is 11.7 Å². The van der Waals surface area contributed by atoms with E-state index >= 15 is 0 Å². The average Bonchev–Trinajstić information content (AvgIpc) is 3.14. The molecule has 0 saturated carbocycles. The van der Waals surface area contributed by atoms with Crippen LogP contribution in [0, 0.1) is 11.2 Å². The van der Waals surface area contributed by atoms with E-state index in [2.05, 4.69) is 27.6 Å². The van der Waals surface area contributed by atoms with E-state index in [0.29, 0.717) is 17.6 Å². The summed E-state index contributed by atoms with van der Waals surface area (Å²) in [6.45, 7) is 0.655. The van der Waals surface area contributed by atoms with Gasteiger partial charge in [-0.15, -0.1) is 0 Å². The number of hydrogen-bond donors (Lipinski definition) is 2. The van der Waals surface area contributed by atoms with Crippen molar-refractivity contribution in [2.45, 2.75) is 13.0 Å². The molecular formula is C20H17FN6O. The Morgan fingerprint density at radius 1 is 1.11 bits per heavy atom. The number of aryl methyl sites for hydroxylation is 2. The van der Waals surface area contributed by atoms with Crippen LogP contribution in [0.4, 0.5) is 4.39 Å². The highest BCUT2D eigenvalue weighted by Gasteiger charge is 2.10. The molecule has 140 valence electrons. The number of amides is 1. The Morgan fingerprint density at radius 2 is 1.86 bits per heavy atom. The summed E-state index contributed by atoms with van der Waals surface area (Å²) in [5.74, 6) is -0.882. The largest absolute Gasteiger partial charge is 0.282 e. The fourth-order valence-corrected chi connectivity index (χ4v) is 2.84. The Labute approximate surface area is 159 Å². The molecule has 4 rings (SSSR count). The van der Waals surface area contributed by atoms with E-state index in [1.54, 1.807) is 10.9 Å². The molecule has 0 spiro atoms. The second kappa shape index (κ2) is 7.43. The van der Waals surface area contributed by atoms with Crippen LogP contribution < -0.4 is 10.9 Å². The predicted octanol–water partition coefficient (Wildman–Crippen LogP) is 2.48. The molecule has 7 nitrogen and oxygen atoms in total. The van der Waals surface area contributed by atoms with Crippen molar-refractivity contribution in [3.05, 3.63) is 89.6 Å². The molecule has 0 saturated heterocycles. The third-order valence-electron chi connectivity index (χ3n) is 4.33. The maximum absolute atomic E-state index is 13.0. The zero-order chi connectivity index (χ0) is 19.5. The van der Waals surface area contributed by atoms with Gasteiger partial charge >= 0.3 is 0 Å². The van der Waals surface area contributed by atoms with E-state index in [1.807, 2.05) is 18.2 Å². The quantitative estimate of drug-likeness (QED) is 0.561. The molecule has 0 aliphatic rings. The highest BCUT2D eigenvalue weighted by atomic mass is 19.1. The zero-order valence-electron chi connectivity index (χ0n) is 14.8. The molecule has 1 amide bonds. The van der Waals surface area contributed by atoms with Crippen molar-refractivity contribution in [3.63, 3.8) is 0 Å². The Balaban J connectivity index is 1.54. The highest BCUT2D eigenvalue weighted by molar-refractivity contribution is 5.99. The number of rotatable bonds is 5. The van der Waals surface area contributed by atoms with Gasteiger partial charge in [0.05, 0.1) is 5.39 Å². The first-order valence-corrected chi connectivity index (χ1v) is 8.70. The molecule has 2 aromatic carbocycles. The van der Waals surface area contributed by atoms with Crippen molar-refractivity contribution in [3.8, 4) is 0 Å². The summed E-state index contributed by atoms with van der Waals surface area (Å²) in [7, 11) is 0. The van der Waals surface area contributed by atoms with Crippen LogP contribution in [-0.4, -0.2) is 25.3 Å². The van der Waals surface area contributed by atoms with E-state index in [0.717, 1.165) is 6.42 Å². The summed E-state index contributed by atoms with van der Waals surface area (Å²) in [5, 5.41) is 13.3. The lowest BCUT2D eigenvalue weighted by molar-refractivity contribution is 0.101. The number of nitrogens with zero attached hydrogens (tertiary/aromatic N) is 4. The van der Waals surface area contributed by atoms with Gasteiger partial charge in [-0.3, -0.25) is 20.3 Å². The molecule has 0 atom stereocenters. The van der Waals surface area contributed by atoms with Crippen LogP contribution in [0.1, 0.15) is 15.9 Å². The molecule has 0 fully saturated rings. The normalized spacial score (nSPS) is 10.9. The number of halogens is 1. The average molecular weight is 376 g/mol. The van der Waals surface area contributed by atoms with Gasteiger partial charge in [-0.2, -0.15) is 5.10 Å². The van der Waals surface area contributed by atoms with Gasteiger partial charge in [-0.1, -0.05) is 30.3 Å². The topological polar surface area (TPSA) is 88.6 Å². The van der Waals surface area contributed by atoms with Gasteiger partial charge < -0.3 is 0 Å². The van der Waals surface area contributed by atoms with Crippen LogP contribution >= 0.6 is 0 Å². The summed E-state index contributed by atoms with van der Waals surface area (Å²) in [5.41, 5.74) is 4.55. The van der Waals surface area contributed by atoms with E-state index in [-0.39, 0.29) is 11.1 Å². The third kappa shape index (κ3) is 3.66. The second-order valence-electron chi connectivity index (χ2n) is 6.28. The Bertz CT molecular complexity index is 1180. The SMILES string of the molecule is N=c1c2cn(CCc3ccccc3)nc2ncn1NC(=O)c1ccc(F)cc1. The molecule has 0 unspecified atom stereocenters. The van der Waals surface area contributed by atoms with Gasteiger partial charge in [0.1, 0.15) is 12.1 Å². The molecule has 2 aromatic heterocycles. The Kier molecular flexibility index (Phi) is 4.67. The fraction of sp³-hybridized carbons (Fsp3) is 0.100. The molecule has 0 radical (unpaired) electrons. The molecule has 0 aliphatic carbocycles. The first-order valence-electron chi connectivity index (χ1n) is 8.70. The van der Waals surface area contributed by atoms with Crippen molar-refractivity contribution < 1.29 is 9.18 Å². The van der Waals surface area contributed by atoms with Crippen molar-refractivity contribution in [1.29, 1.82) is 5.41 Å². The molecule has 28 heavy (non-hydrogen) atoms. The van der Waals surface area contributed by atoms with Crippen molar-refractivity contribution in [2.75, 3.05) is 5.43 Å². The lowest BCUT2D eigenvalue weighted by Crippen LogP contribution is -2.33. The highest BCUT2D eigenvalue weighted by Crippen LogP contribution is 2.07. The van der Waals surface area contributed by atoms with Crippen LogP contribution in [0.5, 0.6) is 0 Å². The summed E-state index contributed by atoms with van der Waals surface area (Å²) in [4.78, 5) is 16.5. The second-order valence-corrected chi connectivity index (χ2v) is 6.28. The van der Waals surface area contributed by atoms with Crippen LogP contribution in [0.25, 0.3) is 11.0 Å². The van der Waals surface area contributed by atoms with Gasteiger partial charge in [0, 0.05) is 18.3 Å². The standard InChI is InChI=1S/C20H17FN6O/c21-16-8-6-15(7-9-16)20(28)25-27-13-23-19-17(18(27)22)12-26(24-19)11-10-14-4-2-1-3-5-14/h1-9,12-13,22H,10-11H2,(H,25,28).